The molecule has 0 spiro atoms. The molecule has 1 fully saturated rings. The third-order valence-corrected chi connectivity index (χ3v) is 4.73. The Morgan fingerprint density at radius 3 is 2.55 bits per heavy atom. The number of piperidine rings is 1. The fraction of sp³-hybridized carbons (Fsp3) is 0.400. The molecule has 0 bridgehead atoms. The fourth-order valence-electron chi connectivity index (χ4n) is 2.77. The Balaban J connectivity index is 1.64. The van der Waals surface area contributed by atoms with Crippen LogP contribution in [0.15, 0.2) is 35.3 Å². The predicted octanol–water partition coefficient (Wildman–Crippen LogP) is 3.39. The molecule has 3 heterocycles. The second-order valence-corrected chi connectivity index (χ2v) is 6.68. The molecule has 5 nitrogen and oxygen atoms in total. The smallest absolute Gasteiger partial charge is 0.225 e. The third kappa shape index (κ3) is 3.33. The lowest BCUT2D eigenvalue weighted by atomic mass is 10.0. The van der Waals surface area contributed by atoms with Crippen LogP contribution in [0.2, 0.25) is 5.02 Å². The summed E-state index contributed by atoms with van der Waals surface area (Å²) < 4.78 is 0.895. The first-order chi connectivity index (χ1) is 10.6. The first-order valence-electron chi connectivity index (χ1n) is 7.20. The average Bonchev–Trinajstić information content (AvgIpc) is 2.56. The molecule has 0 atom stereocenters. The van der Waals surface area contributed by atoms with Crippen LogP contribution >= 0.6 is 27.5 Å². The van der Waals surface area contributed by atoms with Gasteiger partial charge in [-0.3, -0.25) is 4.98 Å². The predicted molar refractivity (Wildman–Crippen MR) is 92.6 cm³/mol. The highest BCUT2D eigenvalue weighted by atomic mass is 79.9. The number of pyridine rings is 1. The number of hydrogen-bond acceptors (Lipinski definition) is 5. The van der Waals surface area contributed by atoms with Gasteiger partial charge in [0.1, 0.15) is 0 Å². The van der Waals surface area contributed by atoms with Crippen LogP contribution in [0.5, 0.6) is 0 Å². The highest BCUT2D eigenvalue weighted by Gasteiger charge is 2.24. The van der Waals surface area contributed by atoms with E-state index in [9.17, 15) is 0 Å². The van der Waals surface area contributed by atoms with Crippen molar-refractivity contribution < 1.29 is 0 Å². The van der Waals surface area contributed by atoms with Gasteiger partial charge in [0.2, 0.25) is 5.95 Å². The Bertz CT molecular complexity index is 628. The van der Waals surface area contributed by atoms with E-state index >= 15 is 0 Å². The van der Waals surface area contributed by atoms with Crippen molar-refractivity contribution in [2.24, 2.45) is 0 Å². The van der Waals surface area contributed by atoms with Gasteiger partial charge in [-0.2, -0.15) is 0 Å². The van der Waals surface area contributed by atoms with Gasteiger partial charge in [-0.15, -0.1) is 0 Å². The summed E-state index contributed by atoms with van der Waals surface area (Å²) in [7, 11) is 2.06. The van der Waals surface area contributed by atoms with Crippen LogP contribution in [0.25, 0.3) is 0 Å². The van der Waals surface area contributed by atoms with E-state index in [1.165, 1.54) is 0 Å². The number of rotatable bonds is 3. The Labute approximate surface area is 143 Å². The number of anilines is 2. The largest absolute Gasteiger partial charge is 0.370 e. The maximum atomic E-state index is 6.23. The van der Waals surface area contributed by atoms with Gasteiger partial charge in [0, 0.05) is 51.0 Å². The molecular formula is C15H17BrClN5. The van der Waals surface area contributed by atoms with Crippen molar-refractivity contribution in [2.45, 2.75) is 18.9 Å². The summed E-state index contributed by atoms with van der Waals surface area (Å²) in [5.74, 6) is 0.767. The van der Waals surface area contributed by atoms with E-state index in [1.807, 2.05) is 6.07 Å². The Morgan fingerprint density at radius 2 is 1.91 bits per heavy atom. The maximum Gasteiger partial charge on any atom is 0.225 e. The van der Waals surface area contributed by atoms with Crippen LogP contribution in [-0.2, 0) is 0 Å². The Morgan fingerprint density at radius 1 is 1.23 bits per heavy atom. The molecular weight excluding hydrogens is 366 g/mol. The molecule has 3 rings (SSSR count). The minimum absolute atomic E-state index is 0.443. The van der Waals surface area contributed by atoms with Crippen LogP contribution in [0, 0.1) is 0 Å². The lowest BCUT2D eigenvalue weighted by Crippen LogP contribution is -2.44. The Hall–Kier alpha value is -1.40. The van der Waals surface area contributed by atoms with Crippen LogP contribution in [-0.4, -0.2) is 41.1 Å². The summed E-state index contributed by atoms with van der Waals surface area (Å²) in [6.07, 6.45) is 9.15. The zero-order chi connectivity index (χ0) is 15.5. The van der Waals surface area contributed by atoms with Crippen molar-refractivity contribution in [1.82, 2.24) is 15.0 Å². The second kappa shape index (κ2) is 6.79. The van der Waals surface area contributed by atoms with Gasteiger partial charge in [-0.25, -0.2) is 9.97 Å². The normalized spacial score (nSPS) is 15.9. The number of nitrogens with zero attached hydrogens (tertiary/aromatic N) is 5. The summed E-state index contributed by atoms with van der Waals surface area (Å²) >= 11 is 9.59. The van der Waals surface area contributed by atoms with Gasteiger partial charge in [0.15, 0.2) is 0 Å². The number of aromatic nitrogens is 3. The van der Waals surface area contributed by atoms with Crippen molar-refractivity contribution in [3.05, 3.63) is 40.3 Å². The molecule has 0 amide bonds. The lowest BCUT2D eigenvalue weighted by molar-refractivity contribution is 0.477. The van der Waals surface area contributed by atoms with Crippen LogP contribution in [0.4, 0.5) is 11.6 Å². The van der Waals surface area contributed by atoms with Crippen LogP contribution in [0.1, 0.15) is 12.8 Å². The average molecular weight is 383 g/mol. The van der Waals surface area contributed by atoms with E-state index in [0.29, 0.717) is 11.1 Å². The standard InChI is InChI=1S/C15H17BrClN5/c1-21(15-19-8-11(16)9-20-15)12-3-6-22(7-4-12)14-2-5-18-10-13(14)17/h2,5,8-10,12H,3-4,6-7H2,1H3. The zero-order valence-electron chi connectivity index (χ0n) is 12.3. The molecule has 0 aliphatic carbocycles. The molecule has 1 saturated heterocycles. The first-order valence-corrected chi connectivity index (χ1v) is 8.37. The summed E-state index contributed by atoms with van der Waals surface area (Å²) in [4.78, 5) is 17.3. The van der Waals surface area contributed by atoms with Gasteiger partial charge in [-0.05, 0) is 34.8 Å². The minimum Gasteiger partial charge on any atom is -0.370 e. The second-order valence-electron chi connectivity index (χ2n) is 5.36. The van der Waals surface area contributed by atoms with Gasteiger partial charge >= 0.3 is 0 Å². The van der Waals surface area contributed by atoms with Crippen LogP contribution < -0.4 is 9.80 Å². The Kier molecular flexibility index (Phi) is 4.78. The van der Waals surface area contributed by atoms with Gasteiger partial charge in [0.25, 0.3) is 0 Å². The SMILES string of the molecule is CN(c1ncc(Br)cn1)C1CCN(c2ccncc2Cl)CC1. The highest BCUT2D eigenvalue weighted by Crippen LogP contribution is 2.28. The van der Waals surface area contributed by atoms with E-state index in [4.69, 9.17) is 11.6 Å². The molecule has 1 aliphatic rings. The quantitative estimate of drug-likeness (QED) is 0.814. The summed E-state index contributed by atoms with van der Waals surface area (Å²) in [6, 6.07) is 2.42. The van der Waals surface area contributed by atoms with Crippen molar-refractivity contribution >= 4 is 39.2 Å². The summed E-state index contributed by atoms with van der Waals surface area (Å²) in [6.45, 7) is 1.94. The summed E-state index contributed by atoms with van der Waals surface area (Å²) in [5.41, 5.74) is 1.07. The monoisotopic (exact) mass is 381 g/mol. The maximum absolute atomic E-state index is 6.23. The van der Waals surface area contributed by atoms with Crippen LogP contribution in [0.3, 0.4) is 0 Å². The molecule has 2 aromatic heterocycles. The van der Waals surface area contributed by atoms with Gasteiger partial charge in [-0.1, -0.05) is 11.6 Å². The fourth-order valence-corrected chi connectivity index (χ4v) is 3.21. The molecule has 0 saturated carbocycles. The molecule has 2 aromatic rings. The number of hydrogen-bond donors (Lipinski definition) is 0. The summed E-state index contributed by atoms with van der Waals surface area (Å²) in [5, 5.41) is 0.713. The topological polar surface area (TPSA) is 45.2 Å². The van der Waals surface area contributed by atoms with Crippen molar-refractivity contribution in [3.8, 4) is 0 Å². The molecule has 1 aliphatic heterocycles. The van der Waals surface area contributed by atoms with Crippen molar-refractivity contribution in [3.63, 3.8) is 0 Å². The van der Waals surface area contributed by atoms with E-state index in [0.717, 1.165) is 42.0 Å². The lowest BCUT2D eigenvalue weighted by Gasteiger charge is -2.38. The molecule has 0 radical (unpaired) electrons. The van der Waals surface area contributed by atoms with Gasteiger partial charge in [0.05, 0.1) is 15.2 Å². The molecule has 7 heteroatoms. The molecule has 0 N–H and O–H groups in total. The van der Waals surface area contributed by atoms with Gasteiger partial charge < -0.3 is 9.80 Å². The molecule has 0 aromatic carbocycles. The van der Waals surface area contributed by atoms with E-state index in [2.05, 4.69) is 47.7 Å². The minimum atomic E-state index is 0.443. The third-order valence-electron chi connectivity index (χ3n) is 4.03. The number of halogens is 2. The zero-order valence-corrected chi connectivity index (χ0v) is 14.6. The highest BCUT2D eigenvalue weighted by molar-refractivity contribution is 9.10. The first kappa shape index (κ1) is 15.5. The molecule has 0 unspecified atom stereocenters. The van der Waals surface area contributed by atoms with E-state index in [1.54, 1.807) is 24.8 Å². The molecule has 116 valence electrons. The van der Waals surface area contributed by atoms with Crippen molar-refractivity contribution in [1.29, 1.82) is 0 Å². The molecule has 22 heavy (non-hydrogen) atoms. The van der Waals surface area contributed by atoms with Crippen molar-refractivity contribution in [2.75, 3.05) is 29.9 Å². The van der Waals surface area contributed by atoms with E-state index < -0.39 is 0 Å². The van der Waals surface area contributed by atoms with E-state index in [-0.39, 0.29) is 0 Å².